The molecule has 8 heteroatoms. The Hall–Kier alpha value is -1.67. The van der Waals surface area contributed by atoms with E-state index in [0.717, 1.165) is 19.3 Å². The summed E-state index contributed by atoms with van der Waals surface area (Å²) in [5.74, 6) is -1.87. The first-order valence-corrected chi connectivity index (χ1v) is 12.7. The number of ether oxygens (including phenoxy) is 1. The predicted octanol–water partition coefficient (Wildman–Crippen LogP) is 2.40. The number of unbranched alkanes of at least 4 members (excludes halogenated alkanes) is 1. The van der Waals surface area contributed by atoms with Crippen molar-refractivity contribution in [3.05, 3.63) is 0 Å². The molecule has 2 aliphatic heterocycles. The Bertz CT molecular complexity index is 669. The molecule has 8 nitrogen and oxygen atoms in total. The van der Waals surface area contributed by atoms with Gasteiger partial charge in [0.2, 0.25) is 11.8 Å². The highest BCUT2D eigenvalue weighted by Gasteiger charge is 2.42. The zero-order valence-corrected chi connectivity index (χ0v) is 21.0. The highest BCUT2D eigenvalue weighted by Crippen LogP contribution is 2.28. The normalized spacial score (nSPS) is 32.2. The van der Waals surface area contributed by atoms with E-state index in [0.29, 0.717) is 32.2 Å². The summed E-state index contributed by atoms with van der Waals surface area (Å²) in [6.07, 6.45) is 3.48. The predicted molar refractivity (Wildman–Crippen MR) is 125 cm³/mol. The van der Waals surface area contributed by atoms with Crippen molar-refractivity contribution >= 4 is 17.8 Å². The van der Waals surface area contributed by atoms with Gasteiger partial charge in [-0.1, -0.05) is 47.0 Å². The molecule has 190 valence electrons. The average Bonchev–Trinajstić information content (AvgIpc) is 3.27. The van der Waals surface area contributed by atoms with Crippen molar-refractivity contribution in [3.8, 4) is 0 Å². The Morgan fingerprint density at radius 2 is 1.79 bits per heavy atom. The SMILES string of the molecule is CC[C@@H](C)[C@H]1NC(=O)C(C)C(O)CC(C(C)CCCCC(C)O)OC(=O)[C@@H]2CCCN2C1=O. The van der Waals surface area contributed by atoms with E-state index in [1.165, 1.54) is 0 Å². The maximum atomic E-state index is 13.4. The summed E-state index contributed by atoms with van der Waals surface area (Å²) in [4.78, 5) is 41.1. The van der Waals surface area contributed by atoms with Crippen molar-refractivity contribution in [3.63, 3.8) is 0 Å². The van der Waals surface area contributed by atoms with Crippen LogP contribution in [0.2, 0.25) is 0 Å². The van der Waals surface area contributed by atoms with Gasteiger partial charge >= 0.3 is 5.97 Å². The monoisotopic (exact) mass is 468 g/mol. The number of nitrogens with zero attached hydrogens (tertiary/aromatic N) is 1. The highest BCUT2D eigenvalue weighted by molar-refractivity contribution is 5.92. The van der Waals surface area contributed by atoms with E-state index < -0.39 is 36.2 Å². The summed E-state index contributed by atoms with van der Waals surface area (Å²) >= 11 is 0. The largest absolute Gasteiger partial charge is 0.460 e. The van der Waals surface area contributed by atoms with E-state index >= 15 is 0 Å². The minimum atomic E-state index is -0.991. The van der Waals surface area contributed by atoms with Crippen LogP contribution in [0.3, 0.4) is 0 Å². The van der Waals surface area contributed by atoms with Crippen molar-refractivity contribution in [2.24, 2.45) is 17.8 Å². The average molecular weight is 469 g/mol. The van der Waals surface area contributed by atoms with Crippen LogP contribution in [-0.2, 0) is 19.1 Å². The number of carbonyl (C=O) groups is 3. The van der Waals surface area contributed by atoms with Crippen LogP contribution in [0, 0.1) is 17.8 Å². The zero-order chi connectivity index (χ0) is 24.7. The fourth-order valence-electron chi connectivity index (χ4n) is 4.76. The van der Waals surface area contributed by atoms with Crippen LogP contribution >= 0.6 is 0 Å². The molecule has 0 aromatic heterocycles. The van der Waals surface area contributed by atoms with E-state index in [2.05, 4.69) is 5.32 Å². The van der Waals surface area contributed by atoms with Gasteiger partial charge in [-0.25, -0.2) is 4.79 Å². The molecule has 0 bridgehead atoms. The molecule has 5 unspecified atom stereocenters. The van der Waals surface area contributed by atoms with Crippen molar-refractivity contribution in [2.45, 2.75) is 116 Å². The lowest BCUT2D eigenvalue weighted by atomic mass is 9.88. The number of fused-ring (bicyclic) bond motifs is 1. The summed E-state index contributed by atoms with van der Waals surface area (Å²) < 4.78 is 5.93. The topological polar surface area (TPSA) is 116 Å². The third-order valence-corrected chi connectivity index (χ3v) is 7.48. The fraction of sp³-hybridized carbons (Fsp3) is 0.880. The van der Waals surface area contributed by atoms with Gasteiger partial charge in [-0.05, 0) is 44.4 Å². The summed E-state index contributed by atoms with van der Waals surface area (Å²) in [5.41, 5.74) is 0. The Labute approximate surface area is 198 Å². The molecule has 2 saturated heterocycles. The van der Waals surface area contributed by atoms with E-state index in [1.807, 2.05) is 20.8 Å². The number of cyclic esters (lactones) is 1. The number of hydrogen-bond acceptors (Lipinski definition) is 6. The molecular formula is C25H44N2O6. The van der Waals surface area contributed by atoms with Gasteiger partial charge in [0.15, 0.2) is 0 Å². The standard InChI is InChI=1S/C25H44N2O6/c1-6-15(2)22-24(31)27-13-9-12-19(27)25(32)33-21(14-20(29)18(5)23(30)26-22)16(3)10-7-8-11-17(4)28/h15-22,28-29H,6-14H2,1-5H3,(H,26,30)/t15-,16?,17?,18?,19+,20?,21?,22-/m1/s1. The van der Waals surface area contributed by atoms with Gasteiger partial charge in [-0.2, -0.15) is 0 Å². The lowest BCUT2D eigenvalue weighted by Crippen LogP contribution is -2.56. The van der Waals surface area contributed by atoms with Crippen molar-refractivity contribution in [2.75, 3.05) is 6.54 Å². The molecule has 8 atom stereocenters. The van der Waals surface area contributed by atoms with Crippen LogP contribution in [0.25, 0.3) is 0 Å². The summed E-state index contributed by atoms with van der Waals surface area (Å²) in [6.45, 7) is 9.74. The zero-order valence-electron chi connectivity index (χ0n) is 21.0. The Morgan fingerprint density at radius 1 is 1.12 bits per heavy atom. The molecule has 0 aromatic carbocycles. The third-order valence-electron chi connectivity index (χ3n) is 7.48. The van der Waals surface area contributed by atoms with Gasteiger partial charge in [0.1, 0.15) is 18.2 Å². The maximum Gasteiger partial charge on any atom is 0.329 e. The second-order valence-electron chi connectivity index (χ2n) is 10.2. The van der Waals surface area contributed by atoms with E-state index in [-0.39, 0.29) is 36.2 Å². The molecule has 0 radical (unpaired) electrons. The van der Waals surface area contributed by atoms with Crippen molar-refractivity contribution in [1.29, 1.82) is 0 Å². The summed E-state index contributed by atoms with van der Waals surface area (Å²) in [5, 5.41) is 23.2. The van der Waals surface area contributed by atoms with Crippen LogP contribution in [0.5, 0.6) is 0 Å². The van der Waals surface area contributed by atoms with Crippen LogP contribution in [-0.4, -0.2) is 69.8 Å². The minimum absolute atomic E-state index is 0.0192. The Morgan fingerprint density at radius 3 is 2.42 bits per heavy atom. The van der Waals surface area contributed by atoms with Crippen LogP contribution in [0.15, 0.2) is 0 Å². The second-order valence-corrected chi connectivity index (χ2v) is 10.2. The molecule has 2 heterocycles. The van der Waals surface area contributed by atoms with Gasteiger partial charge in [0.05, 0.1) is 18.1 Å². The summed E-state index contributed by atoms with van der Waals surface area (Å²) in [7, 11) is 0. The van der Waals surface area contributed by atoms with Crippen molar-refractivity contribution < 1.29 is 29.3 Å². The number of aliphatic hydroxyl groups is 2. The number of aliphatic hydroxyl groups excluding tert-OH is 2. The first-order valence-electron chi connectivity index (χ1n) is 12.7. The van der Waals surface area contributed by atoms with Gasteiger partial charge in [-0.3, -0.25) is 9.59 Å². The highest BCUT2D eigenvalue weighted by atomic mass is 16.5. The Kier molecular flexibility index (Phi) is 10.6. The molecular weight excluding hydrogens is 424 g/mol. The number of amides is 2. The lowest BCUT2D eigenvalue weighted by molar-refractivity contribution is -0.164. The van der Waals surface area contributed by atoms with Gasteiger partial charge in [0, 0.05) is 13.0 Å². The van der Waals surface area contributed by atoms with Gasteiger partial charge in [0.25, 0.3) is 0 Å². The van der Waals surface area contributed by atoms with Crippen LogP contribution in [0.1, 0.15) is 86.0 Å². The summed E-state index contributed by atoms with van der Waals surface area (Å²) in [6, 6.07) is -1.38. The van der Waals surface area contributed by atoms with E-state index in [4.69, 9.17) is 4.74 Å². The van der Waals surface area contributed by atoms with Crippen LogP contribution in [0.4, 0.5) is 0 Å². The molecule has 3 N–H and O–H groups in total. The first-order chi connectivity index (χ1) is 15.6. The van der Waals surface area contributed by atoms with Crippen LogP contribution < -0.4 is 5.32 Å². The van der Waals surface area contributed by atoms with Gasteiger partial charge < -0.3 is 25.2 Å². The van der Waals surface area contributed by atoms with Gasteiger partial charge in [-0.15, -0.1) is 0 Å². The van der Waals surface area contributed by atoms with E-state index in [1.54, 1.807) is 18.7 Å². The second kappa shape index (κ2) is 12.7. The molecule has 0 spiro atoms. The van der Waals surface area contributed by atoms with Crippen molar-refractivity contribution in [1.82, 2.24) is 10.2 Å². The number of hydrogen-bond donors (Lipinski definition) is 3. The molecule has 2 aliphatic rings. The molecule has 2 rings (SSSR count). The Balaban J connectivity index is 2.24. The molecule has 0 aliphatic carbocycles. The smallest absolute Gasteiger partial charge is 0.329 e. The number of nitrogens with one attached hydrogen (secondary N) is 1. The molecule has 2 amide bonds. The van der Waals surface area contributed by atoms with E-state index in [9.17, 15) is 24.6 Å². The third kappa shape index (κ3) is 7.41. The quantitative estimate of drug-likeness (QED) is 0.372. The number of carbonyl (C=O) groups excluding carboxylic acids is 3. The fourth-order valence-corrected chi connectivity index (χ4v) is 4.76. The maximum absolute atomic E-state index is 13.4. The first kappa shape index (κ1) is 27.6. The minimum Gasteiger partial charge on any atom is -0.460 e. The molecule has 2 fully saturated rings. The molecule has 33 heavy (non-hydrogen) atoms. The molecule has 0 aromatic rings. The number of rotatable bonds is 8. The number of esters is 1. The lowest BCUT2D eigenvalue weighted by Gasteiger charge is -2.35. The molecule has 0 saturated carbocycles.